The van der Waals surface area contributed by atoms with E-state index < -0.39 is 11.9 Å². The maximum absolute atomic E-state index is 11.9. The molecule has 4 N–H and O–H groups in total. The Labute approximate surface area is 108 Å². The summed E-state index contributed by atoms with van der Waals surface area (Å²) >= 11 is 0. The summed E-state index contributed by atoms with van der Waals surface area (Å²) in [5.41, 5.74) is 5.27. The summed E-state index contributed by atoms with van der Waals surface area (Å²) in [6.07, 6.45) is 1.04. The van der Waals surface area contributed by atoms with Gasteiger partial charge in [-0.05, 0) is 25.4 Å². The fourth-order valence-electron chi connectivity index (χ4n) is 2.05. The first-order valence-electron chi connectivity index (χ1n) is 6.52. The van der Waals surface area contributed by atoms with Gasteiger partial charge in [0.1, 0.15) is 6.04 Å². The van der Waals surface area contributed by atoms with Crippen LogP contribution in [0.4, 0.5) is 0 Å². The molecule has 1 aliphatic heterocycles. The highest BCUT2D eigenvalue weighted by Gasteiger charge is 2.22. The molecule has 0 aromatic rings. The van der Waals surface area contributed by atoms with Crippen molar-refractivity contribution < 1.29 is 9.59 Å². The van der Waals surface area contributed by atoms with Crippen LogP contribution in [-0.4, -0.2) is 55.5 Å². The third kappa shape index (κ3) is 5.01. The van der Waals surface area contributed by atoms with Crippen LogP contribution in [0.3, 0.4) is 0 Å². The van der Waals surface area contributed by atoms with E-state index in [1.54, 1.807) is 0 Å². The molecule has 1 aliphatic rings. The molecular weight excluding hydrogens is 232 g/mol. The van der Waals surface area contributed by atoms with Crippen molar-refractivity contribution in [3.63, 3.8) is 0 Å². The summed E-state index contributed by atoms with van der Waals surface area (Å²) < 4.78 is 0. The predicted molar refractivity (Wildman–Crippen MR) is 69.9 cm³/mol. The summed E-state index contributed by atoms with van der Waals surface area (Å²) in [7, 11) is 0. The van der Waals surface area contributed by atoms with E-state index in [2.05, 4.69) is 15.5 Å². The van der Waals surface area contributed by atoms with Gasteiger partial charge in [0, 0.05) is 13.1 Å². The maximum Gasteiger partial charge on any atom is 0.240 e. The van der Waals surface area contributed by atoms with Crippen molar-refractivity contribution in [2.45, 2.75) is 26.3 Å². The molecule has 0 radical (unpaired) electrons. The molecule has 18 heavy (non-hydrogen) atoms. The molecule has 6 heteroatoms. The van der Waals surface area contributed by atoms with Crippen LogP contribution in [0.15, 0.2) is 0 Å². The van der Waals surface area contributed by atoms with E-state index in [0.717, 1.165) is 32.6 Å². The van der Waals surface area contributed by atoms with Crippen LogP contribution in [0.5, 0.6) is 0 Å². The summed E-state index contributed by atoms with van der Waals surface area (Å²) in [5, 5.41) is 5.99. The topological polar surface area (TPSA) is 87.5 Å². The van der Waals surface area contributed by atoms with E-state index in [1.165, 1.54) is 0 Å². The van der Waals surface area contributed by atoms with E-state index in [9.17, 15) is 9.59 Å². The second kappa shape index (κ2) is 7.33. The number of nitrogens with zero attached hydrogens (tertiary/aromatic N) is 1. The molecule has 1 rings (SSSR count). The van der Waals surface area contributed by atoms with Crippen LogP contribution < -0.4 is 16.4 Å². The fourth-order valence-corrected chi connectivity index (χ4v) is 2.05. The lowest BCUT2D eigenvalue weighted by atomic mass is 10.0. The van der Waals surface area contributed by atoms with Crippen molar-refractivity contribution in [2.24, 2.45) is 11.7 Å². The summed E-state index contributed by atoms with van der Waals surface area (Å²) in [6.45, 7) is 7.72. The molecule has 6 nitrogen and oxygen atoms in total. The Hall–Kier alpha value is -1.14. The molecule has 1 saturated heterocycles. The zero-order valence-corrected chi connectivity index (χ0v) is 11.2. The lowest BCUT2D eigenvalue weighted by molar-refractivity contribution is -0.129. The molecule has 0 aromatic heterocycles. The largest absolute Gasteiger partial charge is 0.368 e. The molecule has 0 spiro atoms. The smallest absolute Gasteiger partial charge is 0.240 e. The Bertz CT molecular complexity index is 286. The summed E-state index contributed by atoms with van der Waals surface area (Å²) in [4.78, 5) is 25.2. The Morgan fingerprint density at radius 2 is 2.06 bits per heavy atom. The SMILES string of the molecule is CC(C)C(NC(=O)CN1CCCNCC1)C(N)=O. The highest BCUT2D eigenvalue weighted by Crippen LogP contribution is 2.01. The molecule has 1 heterocycles. The van der Waals surface area contributed by atoms with Crippen molar-refractivity contribution in [1.82, 2.24) is 15.5 Å². The Morgan fingerprint density at radius 3 is 2.67 bits per heavy atom. The Kier molecular flexibility index (Phi) is 6.07. The lowest BCUT2D eigenvalue weighted by Gasteiger charge is -2.23. The van der Waals surface area contributed by atoms with Gasteiger partial charge in [-0.2, -0.15) is 0 Å². The van der Waals surface area contributed by atoms with Crippen LogP contribution in [0, 0.1) is 5.92 Å². The minimum absolute atomic E-state index is 0.0113. The zero-order chi connectivity index (χ0) is 13.5. The molecule has 0 saturated carbocycles. The second-order valence-corrected chi connectivity index (χ2v) is 5.07. The average molecular weight is 256 g/mol. The van der Waals surface area contributed by atoms with E-state index in [-0.39, 0.29) is 11.8 Å². The number of hydrogen-bond donors (Lipinski definition) is 3. The first kappa shape index (κ1) is 14.9. The van der Waals surface area contributed by atoms with Gasteiger partial charge in [-0.1, -0.05) is 13.8 Å². The monoisotopic (exact) mass is 256 g/mol. The van der Waals surface area contributed by atoms with E-state index in [0.29, 0.717) is 6.54 Å². The second-order valence-electron chi connectivity index (χ2n) is 5.07. The van der Waals surface area contributed by atoms with Crippen LogP contribution in [0.25, 0.3) is 0 Å². The third-order valence-corrected chi connectivity index (χ3v) is 3.09. The van der Waals surface area contributed by atoms with Crippen molar-refractivity contribution in [3.05, 3.63) is 0 Å². The molecule has 0 bridgehead atoms. The van der Waals surface area contributed by atoms with Gasteiger partial charge in [-0.15, -0.1) is 0 Å². The molecule has 1 unspecified atom stereocenters. The highest BCUT2D eigenvalue weighted by molar-refractivity contribution is 5.87. The number of nitrogens with one attached hydrogen (secondary N) is 2. The Balaban J connectivity index is 2.41. The summed E-state index contributed by atoms with van der Waals surface area (Å²) in [6, 6.07) is -0.581. The number of rotatable bonds is 5. The first-order chi connectivity index (χ1) is 8.50. The number of carbonyl (C=O) groups is 2. The molecule has 104 valence electrons. The third-order valence-electron chi connectivity index (χ3n) is 3.09. The van der Waals surface area contributed by atoms with E-state index in [4.69, 9.17) is 5.73 Å². The fraction of sp³-hybridized carbons (Fsp3) is 0.833. The Morgan fingerprint density at radius 1 is 1.33 bits per heavy atom. The van der Waals surface area contributed by atoms with E-state index in [1.807, 2.05) is 13.8 Å². The number of carbonyl (C=O) groups excluding carboxylic acids is 2. The van der Waals surface area contributed by atoms with Gasteiger partial charge < -0.3 is 16.4 Å². The van der Waals surface area contributed by atoms with Crippen LogP contribution in [0.1, 0.15) is 20.3 Å². The maximum atomic E-state index is 11.9. The zero-order valence-electron chi connectivity index (χ0n) is 11.2. The van der Waals surface area contributed by atoms with Crippen molar-refractivity contribution in [1.29, 1.82) is 0 Å². The van der Waals surface area contributed by atoms with Crippen LogP contribution >= 0.6 is 0 Å². The first-order valence-corrected chi connectivity index (χ1v) is 6.52. The van der Waals surface area contributed by atoms with Gasteiger partial charge >= 0.3 is 0 Å². The average Bonchev–Trinajstić information content (AvgIpc) is 2.53. The van der Waals surface area contributed by atoms with Gasteiger partial charge in [0.15, 0.2) is 0 Å². The molecule has 0 aromatic carbocycles. The molecule has 1 fully saturated rings. The standard InChI is InChI=1S/C12H24N4O2/c1-9(2)11(12(13)18)15-10(17)8-16-6-3-4-14-5-7-16/h9,11,14H,3-8H2,1-2H3,(H2,13,18)(H,15,17). The predicted octanol–water partition coefficient (Wildman–Crippen LogP) is -1.09. The van der Waals surface area contributed by atoms with Crippen LogP contribution in [0.2, 0.25) is 0 Å². The molecular formula is C12H24N4O2. The number of primary amides is 1. The normalized spacial score (nSPS) is 19.3. The van der Waals surface area contributed by atoms with Crippen LogP contribution in [-0.2, 0) is 9.59 Å². The van der Waals surface area contributed by atoms with Gasteiger partial charge in [0.05, 0.1) is 6.54 Å². The molecule has 1 atom stereocenters. The molecule has 0 aliphatic carbocycles. The van der Waals surface area contributed by atoms with Gasteiger partial charge in [0.25, 0.3) is 0 Å². The van der Waals surface area contributed by atoms with Gasteiger partial charge in [0.2, 0.25) is 11.8 Å². The summed E-state index contributed by atoms with van der Waals surface area (Å²) in [5.74, 6) is -0.595. The minimum atomic E-state index is -0.581. The number of nitrogens with two attached hydrogens (primary N) is 1. The minimum Gasteiger partial charge on any atom is -0.368 e. The van der Waals surface area contributed by atoms with Crippen molar-refractivity contribution in [2.75, 3.05) is 32.7 Å². The van der Waals surface area contributed by atoms with Crippen molar-refractivity contribution >= 4 is 11.8 Å². The highest BCUT2D eigenvalue weighted by atomic mass is 16.2. The molecule has 2 amide bonds. The van der Waals surface area contributed by atoms with Gasteiger partial charge in [-0.25, -0.2) is 0 Å². The lowest BCUT2D eigenvalue weighted by Crippen LogP contribution is -2.50. The van der Waals surface area contributed by atoms with Crippen molar-refractivity contribution in [3.8, 4) is 0 Å². The van der Waals surface area contributed by atoms with E-state index >= 15 is 0 Å². The number of amides is 2. The quantitative estimate of drug-likeness (QED) is 0.583. The van der Waals surface area contributed by atoms with Gasteiger partial charge in [-0.3, -0.25) is 14.5 Å². The number of hydrogen-bond acceptors (Lipinski definition) is 4.